The van der Waals surface area contributed by atoms with E-state index in [2.05, 4.69) is 19.9 Å². The zero-order valence-electron chi connectivity index (χ0n) is 8.30. The van der Waals surface area contributed by atoms with Crippen LogP contribution in [-0.4, -0.2) is 23.4 Å². The number of hydrogen-bond acceptors (Lipinski definition) is 2. The van der Waals surface area contributed by atoms with Crippen molar-refractivity contribution in [3.8, 4) is 0 Å². The number of rotatable bonds is 5. The highest BCUT2D eigenvalue weighted by Gasteiger charge is 2.20. The van der Waals surface area contributed by atoms with Gasteiger partial charge in [0, 0.05) is 5.41 Å². The summed E-state index contributed by atoms with van der Waals surface area (Å²) in [5.74, 6) is 0. The summed E-state index contributed by atoms with van der Waals surface area (Å²) in [6.45, 7) is 6.11. The summed E-state index contributed by atoms with van der Waals surface area (Å²) in [5.41, 5.74) is 0.972. The second kappa shape index (κ2) is 5.33. The van der Waals surface area contributed by atoms with E-state index in [-0.39, 0.29) is 18.6 Å². The van der Waals surface area contributed by atoms with Crippen LogP contribution in [0.2, 0.25) is 0 Å². The first-order chi connectivity index (χ1) is 5.54. The van der Waals surface area contributed by atoms with Crippen LogP contribution in [-0.2, 0) is 0 Å². The molecule has 2 nitrogen and oxygen atoms in total. The maximum Gasteiger partial charge on any atom is 0.0506 e. The molecule has 0 radical (unpaired) electrons. The summed E-state index contributed by atoms with van der Waals surface area (Å²) < 4.78 is 0. The SMILES string of the molecule is CC(C)=CCCC(C)(CO)CO. The maximum atomic E-state index is 8.97. The summed E-state index contributed by atoms with van der Waals surface area (Å²) >= 11 is 0. The number of hydrogen-bond donors (Lipinski definition) is 2. The molecule has 0 spiro atoms. The maximum absolute atomic E-state index is 8.97. The van der Waals surface area contributed by atoms with Crippen molar-refractivity contribution in [1.29, 1.82) is 0 Å². The molecule has 0 amide bonds. The molecule has 0 atom stereocenters. The molecule has 2 N–H and O–H groups in total. The third-order valence-electron chi connectivity index (χ3n) is 2.06. The van der Waals surface area contributed by atoms with E-state index >= 15 is 0 Å². The summed E-state index contributed by atoms with van der Waals surface area (Å²) in [5, 5.41) is 17.9. The van der Waals surface area contributed by atoms with E-state index in [0.29, 0.717) is 0 Å². The molecule has 0 fully saturated rings. The molecule has 0 unspecified atom stereocenters. The highest BCUT2D eigenvalue weighted by atomic mass is 16.3. The highest BCUT2D eigenvalue weighted by molar-refractivity contribution is 4.93. The van der Waals surface area contributed by atoms with Crippen molar-refractivity contribution in [2.24, 2.45) is 5.41 Å². The van der Waals surface area contributed by atoms with Gasteiger partial charge >= 0.3 is 0 Å². The molecule has 0 aromatic carbocycles. The van der Waals surface area contributed by atoms with Crippen LogP contribution in [0.5, 0.6) is 0 Å². The Bertz CT molecular complexity index is 142. The summed E-state index contributed by atoms with van der Waals surface area (Å²) in [4.78, 5) is 0. The van der Waals surface area contributed by atoms with Crippen molar-refractivity contribution in [3.63, 3.8) is 0 Å². The Hall–Kier alpha value is -0.340. The number of allylic oxidation sites excluding steroid dienone is 2. The van der Waals surface area contributed by atoms with Crippen LogP contribution in [0, 0.1) is 5.41 Å². The molecule has 0 aliphatic rings. The van der Waals surface area contributed by atoms with Gasteiger partial charge in [0.15, 0.2) is 0 Å². The molecule has 0 heterocycles. The topological polar surface area (TPSA) is 40.5 Å². The van der Waals surface area contributed by atoms with Crippen LogP contribution < -0.4 is 0 Å². The quantitative estimate of drug-likeness (QED) is 0.620. The van der Waals surface area contributed by atoms with Gasteiger partial charge in [-0.3, -0.25) is 0 Å². The minimum Gasteiger partial charge on any atom is -0.396 e. The third kappa shape index (κ3) is 4.52. The standard InChI is InChI=1S/C10H20O2/c1-9(2)5-4-6-10(3,7-11)8-12/h5,11-12H,4,6-8H2,1-3H3. The van der Waals surface area contributed by atoms with Crippen LogP contribution in [0.25, 0.3) is 0 Å². The molecule has 0 bridgehead atoms. The monoisotopic (exact) mass is 172 g/mol. The van der Waals surface area contributed by atoms with Crippen LogP contribution in [0.3, 0.4) is 0 Å². The summed E-state index contributed by atoms with van der Waals surface area (Å²) in [6, 6.07) is 0. The Morgan fingerprint density at radius 3 is 2.08 bits per heavy atom. The Labute approximate surface area is 74.9 Å². The van der Waals surface area contributed by atoms with Crippen LogP contribution in [0.1, 0.15) is 33.6 Å². The first-order valence-electron chi connectivity index (χ1n) is 4.39. The second-order valence-electron chi connectivity index (χ2n) is 3.95. The second-order valence-corrected chi connectivity index (χ2v) is 3.95. The fourth-order valence-corrected chi connectivity index (χ4v) is 0.917. The lowest BCUT2D eigenvalue weighted by molar-refractivity contribution is 0.0637. The lowest BCUT2D eigenvalue weighted by Crippen LogP contribution is -2.25. The molecule has 12 heavy (non-hydrogen) atoms. The summed E-state index contributed by atoms with van der Waals surface area (Å²) in [7, 11) is 0. The number of aliphatic hydroxyl groups excluding tert-OH is 2. The lowest BCUT2D eigenvalue weighted by atomic mass is 9.87. The zero-order valence-corrected chi connectivity index (χ0v) is 8.30. The van der Waals surface area contributed by atoms with Crippen molar-refractivity contribution >= 4 is 0 Å². The van der Waals surface area contributed by atoms with Crippen LogP contribution in [0.15, 0.2) is 11.6 Å². The van der Waals surface area contributed by atoms with Crippen molar-refractivity contribution in [1.82, 2.24) is 0 Å². The minimum atomic E-state index is -0.314. The molecule has 0 saturated carbocycles. The first kappa shape index (κ1) is 11.7. The predicted molar refractivity (Wildman–Crippen MR) is 50.9 cm³/mol. The van der Waals surface area contributed by atoms with Crippen molar-refractivity contribution in [2.75, 3.05) is 13.2 Å². The Balaban J connectivity index is 3.81. The van der Waals surface area contributed by atoms with Crippen molar-refractivity contribution in [3.05, 3.63) is 11.6 Å². The molecular weight excluding hydrogens is 152 g/mol. The molecule has 0 aromatic rings. The molecule has 0 aromatic heterocycles. The molecule has 0 saturated heterocycles. The van der Waals surface area contributed by atoms with E-state index in [1.807, 2.05) is 6.92 Å². The van der Waals surface area contributed by atoms with Gasteiger partial charge < -0.3 is 10.2 Å². The van der Waals surface area contributed by atoms with E-state index in [9.17, 15) is 0 Å². The van der Waals surface area contributed by atoms with Crippen LogP contribution in [0.4, 0.5) is 0 Å². The molecular formula is C10H20O2. The smallest absolute Gasteiger partial charge is 0.0506 e. The van der Waals surface area contributed by atoms with E-state index < -0.39 is 0 Å². The normalized spacial score (nSPS) is 11.4. The molecule has 0 rings (SSSR count). The molecule has 2 heteroatoms. The average Bonchev–Trinajstić information content (AvgIpc) is 2.03. The van der Waals surface area contributed by atoms with Gasteiger partial charge in [-0.25, -0.2) is 0 Å². The lowest BCUT2D eigenvalue weighted by Gasteiger charge is -2.23. The van der Waals surface area contributed by atoms with Gasteiger partial charge in [0.2, 0.25) is 0 Å². The molecule has 0 aliphatic heterocycles. The van der Waals surface area contributed by atoms with E-state index in [1.54, 1.807) is 0 Å². The number of aliphatic hydroxyl groups is 2. The Morgan fingerprint density at radius 2 is 1.75 bits per heavy atom. The van der Waals surface area contributed by atoms with E-state index in [0.717, 1.165) is 12.8 Å². The first-order valence-corrected chi connectivity index (χ1v) is 4.39. The van der Waals surface area contributed by atoms with Crippen molar-refractivity contribution < 1.29 is 10.2 Å². The van der Waals surface area contributed by atoms with E-state index in [4.69, 9.17) is 10.2 Å². The van der Waals surface area contributed by atoms with Gasteiger partial charge in [-0.05, 0) is 26.7 Å². The van der Waals surface area contributed by atoms with Gasteiger partial charge in [0.1, 0.15) is 0 Å². The predicted octanol–water partition coefficient (Wildman–Crippen LogP) is 1.72. The van der Waals surface area contributed by atoms with Gasteiger partial charge in [-0.1, -0.05) is 18.6 Å². The zero-order chi connectivity index (χ0) is 9.61. The van der Waals surface area contributed by atoms with Gasteiger partial charge in [0.05, 0.1) is 13.2 Å². The van der Waals surface area contributed by atoms with E-state index in [1.165, 1.54) is 5.57 Å². The fourth-order valence-electron chi connectivity index (χ4n) is 0.917. The molecule has 72 valence electrons. The van der Waals surface area contributed by atoms with Crippen molar-refractivity contribution in [2.45, 2.75) is 33.6 Å². The van der Waals surface area contributed by atoms with Gasteiger partial charge in [0.25, 0.3) is 0 Å². The Kier molecular flexibility index (Phi) is 5.18. The largest absolute Gasteiger partial charge is 0.396 e. The minimum absolute atomic E-state index is 0.0557. The third-order valence-corrected chi connectivity index (χ3v) is 2.06. The molecule has 0 aliphatic carbocycles. The highest BCUT2D eigenvalue weighted by Crippen LogP contribution is 2.21. The van der Waals surface area contributed by atoms with Gasteiger partial charge in [-0.15, -0.1) is 0 Å². The summed E-state index contributed by atoms with van der Waals surface area (Å²) in [6.07, 6.45) is 3.90. The van der Waals surface area contributed by atoms with Crippen LogP contribution >= 0.6 is 0 Å². The van der Waals surface area contributed by atoms with Gasteiger partial charge in [-0.2, -0.15) is 0 Å². The average molecular weight is 172 g/mol. The fraction of sp³-hybridized carbons (Fsp3) is 0.800. The Morgan fingerprint density at radius 1 is 1.25 bits per heavy atom.